The Bertz CT molecular complexity index is 638. The van der Waals surface area contributed by atoms with Crippen molar-refractivity contribution in [3.8, 4) is 0 Å². The number of ether oxygens (including phenoxy) is 1. The summed E-state index contributed by atoms with van der Waals surface area (Å²) in [7, 11) is 1.37. The van der Waals surface area contributed by atoms with Crippen LogP contribution in [0.1, 0.15) is 16.8 Å². The summed E-state index contributed by atoms with van der Waals surface area (Å²) in [6.07, 6.45) is 2.76. The van der Waals surface area contributed by atoms with E-state index in [1.54, 1.807) is 18.5 Å². The van der Waals surface area contributed by atoms with Gasteiger partial charge in [0.05, 0.1) is 12.7 Å². The van der Waals surface area contributed by atoms with Gasteiger partial charge in [-0.1, -0.05) is 0 Å². The highest BCUT2D eigenvalue weighted by atomic mass is 16.5. The number of esters is 1. The molecular weight excluding hydrogens is 268 g/mol. The van der Waals surface area contributed by atoms with Gasteiger partial charge in [0.15, 0.2) is 0 Å². The van der Waals surface area contributed by atoms with E-state index < -0.39 is 0 Å². The predicted molar refractivity (Wildman–Crippen MR) is 79.9 cm³/mol. The van der Waals surface area contributed by atoms with Crippen LogP contribution in [0.15, 0.2) is 36.7 Å². The molecule has 21 heavy (non-hydrogen) atoms. The van der Waals surface area contributed by atoms with Crippen molar-refractivity contribution in [3.05, 3.63) is 42.2 Å². The van der Waals surface area contributed by atoms with Crippen LogP contribution in [0.4, 0.5) is 17.3 Å². The molecule has 2 aromatic rings. The van der Waals surface area contributed by atoms with Crippen LogP contribution in [0.3, 0.4) is 0 Å². The largest absolute Gasteiger partial charge is 0.465 e. The summed E-state index contributed by atoms with van der Waals surface area (Å²) in [4.78, 5) is 22.0. The van der Waals surface area contributed by atoms with Crippen molar-refractivity contribution in [2.24, 2.45) is 0 Å². The third-order valence-electron chi connectivity index (χ3n) is 3.41. The second-order valence-corrected chi connectivity index (χ2v) is 4.80. The minimum atomic E-state index is -0.344. The van der Waals surface area contributed by atoms with E-state index in [0.717, 1.165) is 30.4 Å². The van der Waals surface area contributed by atoms with Crippen LogP contribution < -0.4 is 10.2 Å². The van der Waals surface area contributed by atoms with Gasteiger partial charge in [-0.05, 0) is 30.7 Å². The highest BCUT2D eigenvalue weighted by Crippen LogP contribution is 2.22. The van der Waals surface area contributed by atoms with E-state index >= 15 is 0 Å². The Morgan fingerprint density at radius 3 is 2.62 bits per heavy atom. The van der Waals surface area contributed by atoms with Gasteiger partial charge in [0.1, 0.15) is 18.0 Å². The maximum atomic E-state index is 11.4. The topological polar surface area (TPSA) is 67.3 Å². The lowest BCUT2D eigenvalue weighted by Crippen LogP contribution is -2.37. The van der Waals surface area contributed by atoms with Gasteiger partial charge in [-0.2, -0.15) is 0 Å². The van der Waals surface area contributed by atoms with Gasteiger partial charge in [0.25, 0.3) is 0 Å². The minimum absolute atomic E-state index is 0.344. The maximum Gasteiger partial charge on any atom is 0.337 e. The molecule has 6 heteroatoms. The van der Waals surface area contributed by atoms with Gasteiger partial charge in [-0.3, -0.25) is 0 Å². The molecule has 0 amide bonds. The molecular formula is C15H16N4O2. The Balaban J connectivity index is 1.72. The zero-order valence-corrected chi connectivity index (χ0v) is 11.7. The molecule has 0 unspecified atom stereocenters. The summed E-state index contributed by atoms with van der Waals surface area (Å²) in [6, 6.07) is 8.99. The van der Waals surface area contributed by atoms with Gasteiger partial charge in [0, 0.05) is 24.8 Å². The second-order valence-electron chi connectivity index (χ2n) is 4.80. The smallest absolute Gasteiger partial charge is 0.337 e. The number of aromatic nitrogens is 2. The minimum Gasteiger partial charge on any atom is -0.465 e. The standard InChI is InChI=1S/C15H16N4O2/c1-21-15(20)11-3-5-12(6-4-11)18-13-9-14(17-10-16-13)19-7-2-8-19/h3-6,9-10H,2,7-8H2,1H3,(H,16,17,18). The number of nitrogens with zero attached hydrogens (tertiary/aromatic N) is 3. The first-order chi connectivity index (χ1) is 10.3. The molecule has 1 aliphatic rings. The highest BCUT2D eigenvalue weighted by molar-refractivity contribution is 5.89. The molecule has 1 N–H and O–H groups in total. The molecule has 108 valence electrons. The predicted octanol–water partition coefficient (Wildman–Crippen LogP) is 2.22. The number of anilines is 3. The average molecular weight is 284 g/mol. The van der Waals surface area contributed by atoms with Crippen molar-refractivity contribution in [1.29, 1.82) is 0 Å². The Hall–Kier alpha value is -2.63. The lowest BCUT2D eigenvalue weighted by atomic mass is 10.2. The zero-order valence-electron chi connectivity index (χ0n) is 11.7. The van der Waals surface area contributed by atoms with Crippen molar-refractivity contribution in [2.75, 3.05) is 30.4 Å². The molecule has 1 aromatic heterocycles. The molecule has 1 aromatic carbocycles. The molecule has 0 atom stereocenters. The van der Waals surface area contributed by atoms with E-state index in [1.807, 2.05) is 18.2 Å². The monoisotopic (exact) mass is 284 g/mol. The summed E-state index contributed by atoms with van der Waals surface area (Å²) in [5, 5.41) is 3.20. The third-order valence-corrected chi connectivity index (χ3v) is 3.41. The van der Waals surface area contributed by atoms with Gasteiger partial charge < -0.3 is 15.0 Å². The SMILES string of the molecule is COC(=O)c1ccc(Nc2cc(N3CCC3)ncn2)cc1. The van der Waals surface area contributed by atoms with Gasteiger partial charge in [-0.25, -0.2) is 14.8 Å². The Morgan fingerprint density at radius 1 is 1.24 bits per heavy atom. The molecule has 0 saturated carbocycles. The van der Waals surface area contributed by atoms with Crippen molar-refractivity contribution < 1.29 is 9.53 Å². The first-order valence-electron chi connectivity index (χ1n) is 6.78. The first kappa shape index (κ1) is 13.4. The van der Waals surface area contributed by atoms with Crippen LogP contribution in [-0.4, -0.2) is 36.1 Å². The molecule has 0 spiro atoms. The number of hydrogen-bond acceptors (Lipinski definition) is 6. The van der Waals surface area contributed by atoms with Crippen molar-refractivity contribution in [3.63, 3.8) is 0 Å². The first-order valence-corrected chi connectivity index (χ1v) is 6.78. The Kier molecular flexibility index (Phi) is 3.68. The summed E-state index contributed by atoms with van der Waals surface area (Å²) in [6.45, 7) is 2.09. The molecule has 3 rings (SSSR count). The highest BCUT2D eigenvalue weighted by Gasteiger charge is 2.16. The number of carbonyl (C=O) groups excluding carboxylic acids is 1. The summed E-state index contributed by atoms with van der Waals surface area (Å²) in [5.74, 6) is 1.33. The zero-order chi connectivity index (χ0) is 14.7. The van der Waals surface area contributed by atoms with Crippen molar-refractivity contribution >= 4 is 23.3 Å². The lowest BCUT2D eigenvalue weighted by molar-refractivity contribution is 0.0601. The van der Waals surface area contributed by atoms with Crippen molar-refractivity contribution in [1.82, 2.24) is 9.97 Å². The van der Waals surface area contributed by atoms with Gasteiger partial charge in [-0.15, -0.1) is 0 Å². The van der Waals surface area contributed by atoms with Crippen LogP contribution in [0.2, 0.25) is 0 Å². The Morgan fingerprint density at radius 2 is 2.00 bits per heavy atom. The lowest BCUT2D eigenvalue weighted by Gasteiger charge is -2.31. The molecule has 1 fully saturated rings. The fraction of sp³-hybridized carbons (Fsp3) is 0.267. The maximum absolute atomic E-state index is 11.4. The van der Waals surface area contributed by atoms with E-state index in [9.17, 15) is 4.79 Å². The number of methoxy groups -OCH3 is 1. The van der Waals surface area contributed by atoms with E-state index in [2.05, 4.69) is 24.9 Å². The van der Waals surface area contributed by atoms with Crippen molar-refractivity contribution in [2.45, 2.75) is 6.42 Å². The molecule has 1 saturated heterocycles. The molecule has 0 radical (unpaired) electrons. The molecule has 0 aliphatic carbocycles. The third kappa shape index (κ3) is 2.94. The average Bonchev–Trinajstić information content (AvgIpc) is 2.46. The summed E-state index contributed by atoms with van der Waals surface area (Å²) in [5.41, 5.74) is 1.38. The van der Waals surface area contributed by atoms with E-state index in [0.29, 0.717) is 5.56 Å². The van der Waals surface area contributed by atoms with Crippen LogP contribution in [0.25, 0.3) is 0 Å². The normalized spacial score (nSPS) is 13.5. The summed E-state index contributed by atoms with van der Waals surface area (Å²) < 4.78 is 4.67. The number of benzene rings is 1. The molecule has 2 heterocycles. The van der Waals surface area contributed by atoms with Gasteiger partial charge >= 0.3 is 5.97 Å². The number of rotatable bonds is 4. The van der Waals surface area contributed by atoms with E-state index in [-0.39, 0.29) is 5.97 Å². The quantitative estimate of drug-likeness (QED) is 0.868. The van der Waals surface area contributed by atoms with Gasteiger partial charge in [0.2, 0.25) is 0 Å². The fourth-order valence-electron chi connectivity index (χ4n) is 2.09. The van der Waals surface area contributed by atoms with Crippen LogP contribution in [-0.2, 0) is 4.74 Å². The molecule has 0 bridgehead atoms. The second kappa shape index (κ2) is 5.78. The van der Waals surface area contributed by atoms with E-state index in [4.69, 9.17) is 0 Å². The Labute approximate surface area is 122 Å². The number of carbonyl (C=O) groups is 1. The van der Waals surface area contributed by atoms with Crippen LogP contribution in [0, 0.1) is 0 Å². The van der Waals surface area contributed by atoms with Crippen LogP contribution in [0.5, 0.6) is 0 Å². The molecule has 6 nitrogen and oxygen atoms in total. The van der Waals surface area contributed by atoms with Crippen LogP contribution >= 0.6 is 0 Å². The fourth-order valence-corrected chi connectivity index (χ4v) is 2.09. The summed E-state index contributed by atoms with van der Waals surface area (Å²) >= 11 is 0. The number of hydrogen-bond donors (Lipinski definition) is 1. The number of nitrogens with one attached hydrogen (secondary N) is 1. The van der Waals surface area contributed by atoms with E-state index in [1.165, 1.54) is 13.5 Å². The molecule has 1 aliphatic heterocycles.